The van der Waals surface area contributed by atoms with Crippen LogP contribution in [0.25, 0.3) is 0 Å². The lowest BCUT2D eigenvalue weighted by Crippen LogP contribution is -2.25. The van der Waals surface area contributed by atoms with Crippen LogP contribution in [0.15, 0.2) is 23.8 Å². The molecule has 15 heavy (non-hydrogen) atoms. The molecule has 2 rings (SSSR count). The van der Waals surface area contributed by atoms with Crippen LogP contribution in [0.3, 0.4) is 0 Å². The highest BCUT2D eigenvalue weighted by atomic mass is 14.5. The van der Waals surface area contributed by atoms with Crippen LogP contribution in [-0.2, 0) is 0 Å². The van der Waals surface area contributed by atoms with Crippen molar-refractivity contribution in [3.05, 3.63) is 23.8 Å². The highest BCUT2D eigenvalue weighted by Gasteiger charge is 2.49. The summed E-state index contributed by atoms with van der Waals surface area (Å²) in [6.07, 6.45) is 9.24. The van der Waals surface area contributed by atoms with E-state index in [9.17, 15) is 0 Å². The minimum atomic E-state index is 0.467. The average molecular weight is 204 g/mol. The van der Waals surface area contributed by atoms with Crippen molar-refractivity contribution in [2.24, 2.45) is 17.3 Å². The van der Waals surface area contributed by atoms with Gasteiger partial charge >= 0.3 is 0 Å². The van der Waals surface area contributed by atoms with Crippen molar-refractivity contribution in [3.8, 4) is 0 Å². The third-order valence-corrected chi connectivity index (χ3v) is 4.78. The standard InChI is InChI=1S/C15H24/c1-11(2)6-5-9-15(4)12(3)13-7-8-14(15)10-13/h6,13-14H,3,5,7-10H2,1-2,4H3/t13-,14+,15-/m1/s1. The van der Waals surface area contributed by atoms with E-state index in [1.54, 1.807) is 5.57 Å². The molecule has 0 N–H and O–H groups in total. The summed E-state index contributed by atoms with van der Waals surface area (Å²) in [5.41, 5.74) is 3.49. The molecule has 0 unspecified atom stereocenters. The van der Waals surface area contributed by atoms with Gasteiger partial charge in [-0.3, -0.25) is 0 Å². The third kappa shape index (κ3) is 1.79. The van der Waals surface area contributed by atoms with Crippen LogP contribution in [0.4, 0.5) is 0 Å². The molecule has 2 aliphatic carbocycles. The van der Waals surface area contributed by atoms with Gasteiger partial charge in [-0.1, -0.05) is 30.7 Å². The lowest BCUT2D eigenvalue weighted by Gasteiger charge is -2.36. The van der Waals surface area contributed by atoms with Gasteiger partial charge in [-0.15, -0.1) is 0 Å². The van der Waals surface area contributed by atoms with Gasteiger partial charge < -0.3 is 0 Å². The molecule has 0 spiro atoms. The van der Waals surface area contributed by atoms with Crippen molar-refractivity contribution in [2.45, 2.75) is 52.9 Å². The van der Waals surface area contributed by atoms with Crippen LogP contribution in [0, 0.1) is 17.3 Å². The van der Waals surface area contributed by atoms with Crippen molar-refractivity contribution < 1.29 is 0 Å². The Kier molecular flexibility index (Phi) is 2.79. The van der Waals surface area contributed by atoms with Crippen LogP contribution >= 0.6 is 0 Å². The second kappa shape index (κ2) is 3.81. The Morgan fingerprint density at radius 2 is 2.20 bits per heavy atom. The quantitative estimate of drug-likeness (QED) is 0.583. The second-order valence-corrected chi connectivity index (χ2v) is 5.97. The predicted molar refractivity (Wildman–Crippen MR) is 66.7 cm³/mol. The summed E-state index contributed by atoms with van der Waals surface area (Å²) < 4.78 is 0. The van der Waals surface area contributed by atoms with Crippen molar-refractivity contribution in [1.29, 1.82) is 0 Å². The van der Waals surface area contributed by atoms with E-state index < -0.39 is 0 Å². The van der Waals surface area contributed by atoms with E-state index in [0.29, 0.717) is 5.41 Å². The molecule has 0 amide bonds. The van der Waals surface area contributed by atoms with Gasteiger partial charge in [0.2, 0.25) is 0 Å². The zero-order chi connectivity index (χ0) is 11.1. The van der Waals surface area contributed by atoms with Crippen LogP contribution in [-0.4, -0.2) is 0 Å². The summed E-state index contributed by atoms with van der Waals surface area (Å²) in [6.45, 7) is 11.2. The normalized spacial score (nSPS) is 38.5. The minimum absolute atomic E-state index is 0.467. The monoisotopic (exact) mass is 204 g/mol. The first kappa shape index (κ1) is 11.0. The zero-order valence-corrected chi connectivity index (χ0v) is 10.5. The van der Waals surface area contributed by atoms with Crippen LogP contribution in [0.5, 0.6) is 0 Å². The lowest BCUT2D eigenvalue weighted by atomic mass is 9.69. The van der Waals surface area contributed by atoms with Crippen molar-refractivity contribution in [1.82, 2.24) is 0 Å². The third-order valence-electron chi connectivity index (χ3n) is 4.78. The number of fused-ring (bicyclic) bond motifs is 2. The first-order valence-corrected chi connectivity index (χ1v) is 6.36. The fourth-order valence-corrected chi connectivity index (χ4v) is 3.63. The zero-order valence-electron chi connectivity index (χ0n) is 10.5. The molecule has 0 heterocycles. The van der Waals surface area contributed by atoms with Crippen LogP contribution < -0.4 is 0 Å². The molecular weight excluding hydrogens is 180 g/mol. The molecule has 0 saturated heterocycles. The largest absolute Gasteiger partial charge is 0.0990 e. The number of hydrogen-bond acceptors (Lipinski definition) is 0. The van der Waals surface area contributed by atoms with Crippen LogP contribution in [0.2, 0.25) is 0 Å². The van der Waals surface area contributed by atoms with E-state index in [1.807, 2.05) is 0 Å². The van der Waals surface area contributed by atoms with E-state index in [0.717, 1.165) is 11.8 Å². The molecular formula is C15H24. The fourth-order valence-electron chi connectivity index (χ4n) is 3.63. The van der Waals surface area contributed by atoms with Gasteiger partial charge in [-0.25, -0.2) is 0 Å². The van der Waals surface area contributed by atoms with Gasteiger partial charge in [0.05, 0.1) is 0 Å². The Morgan fingerprint density at radius 1 is 1.47 bits per heavy atom. The summed E-state index contributed by atoms with van der Waals surface area (Å²) in [5.74, 6) is 1.81. The summed E-state index contributed by atoms with van der Waals surface area (Å²) in [6, 6.07) is 0. The fraction of sp³-hybridized carbons (Fsp3) is 0.733. The number of rotatable bonds is 3. The van der Waals surface area contributed by atoms with Gasteiger partial charge in [0, 0.05) is 0 Å². The molecule has 0 aromatic carbocycles. The maximum atomic E-state index is 4.37. The smallest absolute Gasteiger partial charge is 0.00849 e. The predicted octanol–water partition coefficient (Wildman–Crippen LogP) is 4.73. The molecule has 2 aliphatic rings. The van der Waals surface area contributed by atoms with Gasteiger partial charge in [0.25, 0.3) is 0 Å². The Morgan fingerprint density at radius 3 is 2.73 bits per heavy atom. The van der Waals surface area contributed by atoms with Gasteiger partial charge in [-0.2, -0.15) is 0 Å². The van der Waals surface area contributed by atoms with Gasteiger partial charge in [0.15, 0.2) is 0 Å². The first-order chi connectivity index (χ1) is 7.04. The van der Waals surface area contributed by atoms with Crippen LogP contribution in [0.1, 0.15) is 52.9 Å². The summed E-state index contributed by atoms with van der Waals surface area (Å²) in [7, 11) is 0. The molecule has 0 aromatic heterocycles. The van der Waals surface area contributed by atoms with E-state index in [4.69, 9.17) is 0 Å². The van der Waals surface area contributed by atoms with Gasteiger partial charge in [0.1, 0.15) is 0 Å². The molecule has 0 heteroatoms. The highest BCUT2D eigenvalue weighted by molar-refractivity contribution is 5.24. The molecule has 0 nitrogen and oxygen atoms in total. The molecule has 0 radical (unpaired) electrons. The Labute approximate surface area is 94.5 Å². The van der Waals surface area contributed by atoms with E-state index in [2.05, 4.69) is 33.4 Å². The number of hydrogen-bond donors (Lipinski definition) is 0. The molecule has 0 aromatic rings. The van der Waals surface area contributed by atoms with E-state index >= 15 is 0 Å². The maximum absolute atomic E-state index is 4.37. The minimum Gasteiger partial charge on any atom is -0.0990 e. The highest BCUT2D eigenvalue weighted by Crippen LogP contribution is 2.60. The van der Waals surface area contributed by atoms with Crippen molar-refractivity contribution in [3.63, 3.8) is 0 Å². The number of allylic oxidation sites excluding steroid dienone is 3. The Hall–Kier alpha value is -0.520. The molecule has 84 valence electrons. The molecule has 0 aliphatic heterocycles. The molecule has 3 atom stereocenters. The van der Waals surface area contributed by atoms with E-state index in [-0.39, 0.29) is 0 Å². The van der Waals surface area contributed by atoms with E-state index in [1.165, 1.54) is 37.7 Å². The van der Waals surface area contributed by atoms with Gasteiger partial charge in [-0.05, 0) is 63.2 Å². The second-order valence-electron chi connectivity index (χ2n) is 5.97. The van der Waals surface area contributed by atoms with Crippen molar-refractivity contribution in [2.75, 3.05) is 0 Å². The Bertz CT molecular complexity index is 293. The maximum Gasteiger partial charge on any atom is -0.00849 e. The topological polar surface area (TPSA) is 0 Å². The van der Waals surface area contributed by atoms with Crippen molar-refractivity contribution >= 4 is 0 Å². The first-order valence-electron chi connectivity index (χ1n) is 6.36. The molecule has 2 fully saturated rings. The average Bonchev–Trinajstić information content (AvgIpc) is 2.70. The lowest BCUT2D eigenvalue weighted by molar-refractivity contribution is 0.241. The SMILES string of the molecule is C=C1[C@@H]2CC[C@@H](C2)[C@]1(C)CCC=C(C)C. The molecule has 2 saturated carbocycles. The summed E-state index contributed by atoms with van der Waals surface area (Å²) in [5, 5.41) is 0. The summed E-state index contributed by atoms with van der Waals surface area (Å²) in [4.78, 5) is 0. The summed E-state index contributed by atoms with van der Waals surface area (Å²) >= 11 is 0. The Balaban J connectivity index is 2.01. The molecule has 2 bridgehead atoms.